The SMILES string of the molecule is CC1CCN(C(=O)COc2ccc(C#N)cc2)C1. The molecule has 0 bridgehead atoms. The number of carbonyl (C=O) groups is 1. The van der Waals surface area contributed by atoms with Crippen LogP contribution < -0.4 is 4.74 Å². The number of likely N-dealkylation sites (tertiary alicyclic amines) is 1. The Labute approximate surface area is 107 Å². The topological polar surface area (TPSA) is 53.3 Å². The molecule has 0 aliphatic carbocycles. The average molecular weight is 244 g/mol. The molecule has 1 unspecified atom stereocenters. The lowest BCUT2D eigenvalue weighted by Gasteiger charge is -2.16. The van der Waals surface area contributed by atoms with Crippen molar-refractivity contribution in [1.82, 2.24) is 4.90 Å². The van der Waals surface area contributed by atoms with E-state index in [1.807, 2.05) is 11.0 Å². The van der Waals surface area contributed by atoms with Gasteiger partial charge in [0.15, 0.2) is 6.61 Å². The Hall–Kier alpha value is -2.02. The molecule has 0 saturated carbocycles. The first-order chi connectivity index (χ1) is 8.69. The van der Waals surface area contributed by atoms with Crippen LogP contribution in [-0.2, 0) is 4.79 Å². The van der Waals surface area contributed by atoms with Crippen LogP contribution in [0.25, 0.3) is 0 Å². The summed E-state index contributed by atoms with van der Waals surface area (Å²) in [5.41, 5.74) is 0.585. The molecule has 1 saturated heterocycles. The van der Waals surface area contributed by atoms with Crippen LogP contribution in [0.15, 0.2) is 24.3 Å². The minimum atomic E-state index is 0.0312. The number of carbonyl (C=O) groups excluding carboxylic acids is 1. The van der Waals surface area contributed by atoms with E-state index in [4.69, 9.17) is 10.00 Å². The summed E-state index contributed by atoms with van der Waals surface area (Å²) >= 11 is 0. The van der Waals surface area contributed by atoms with Crippen LogP contribution in [-0.4, -0.2) is 30.5 Å². The van der Waals surface area contributed by atoms with Gasteiger partial charge in [-0.3, -0.25) is 4.79 Å². The van der Waals surface area contributed by atoms with Crippen molar-refractivity contribution in [2.24, 2.45) is 5.92 Å². The van der Waals surface area contributed by atoms with E-state index < -0.39 is 0 Å². The van der Waals surface area contributed by atoms with Crippen LogP contribution in [0.1, 0.15) is 18.9 Å². The van der Waals surface area contributed by atoms with Gasteiger partial charge in [0, 0.05) is 13.1 Å². The monoisotopic (exact) mass is 244 g/mol. The number of benzene rings is 1. The van der Waals surface area contributed by atoms with E-state index >= 15 is 0 Å². The Morgan fingerprint density at radius 1 is 1.50 bits per heavy atom. The van der Waals surface area contributed by atoms with Crippen LogP contribution in [0.2, 0.25) is 0 Å². The zero-order chi connectivity index (χ0) is 13.0. The summed E-state index contributed by atoms with van der Waals surface area (Å²) in [6, 6.07) is 8.81. The second kappa shape index (κ2) is 5.54. The Bertz CT molecular complexity index is 462. The zero-order valence-corrected chi connectivity index (χ0v) is 10.4. The van der Waals surface area contributed by atoms with Crippen LogP contribution in [0.3, 0.4) is 0 Å². The molecule has 1 fully saturated rings. The van der Waals surface area contributed by atoms with Crippen molar-refractivity contribution in [3.63, 3.8) is 0 Å². The number of rotatable bonds is 3. The number of ether oxygens (including phenoxy) is 1. The lowest BCUT2D eigenvalue weighted by molar-refractivity contribution is -0.132. The predicted molar refractivity (Wildman–Crippen MR) is 67.0 cm³/mol. The maximum atomic E-state index is 11.8. The van der Waals surface area contributed by atoms with Gasteiger partial charge in [0.05, 0.1) is 11.6 Å². The largest absolute Gasteiger partial charge is 0.484 e. The third-order valence-electron chi connectivity index (χ3n) is 3.12. The summed E-state index contributed by atoms with van der Waals surface area (Å²) in [7, 11) is 0. The van der Waals surface area contributed by atoms with Gasteiger partial charge in [-0.1, -0.05) is 6.92 Å². The molecule has 1 aliphatic rings. The van der Waals surface area contributed by atoms with Crippen LogP contribution in [0.5, 0.6) is 5.75 Å². The molecule has 0 radical (unpaired) electrons. The predicted octanol–water partition coefficient (Wildman–Crippen LogP) is 1.81. The fraction of sp³-hybridized carbons (Fsp3) is 0.429. The molecule has 18 heavy (non-hydrogen) atoms. The molecular formula is C14H16N2O2. The van der Waals surface area contributed by atoms with Gasteiger partial charge in [0.2, 0.25) is 0 Å². The third-order valence-corrected chi connectivity index (χ3v) is 3.12. The molecular weight excluding hydrogens is 228 g/mol. The molecule has 1 aromatic rings. The first kappa shape index (κ1) is 12.4. The molecule has 2 rings (SSSR count). The summed E-state index contributed by atoms with van der Waals surface area (Å²) in [6.45, 7) is 3.87. The van der Waals surface area contributed by atoms with E-state index in [1.54, 1.807) is 24.3 Å². The van der Waals surface area contributed by atoms with E-state index in [2.05, 4.69) is 6.92 Å². The van der Waals surface area contributed by atoms with E-state index in [-0.39, 0.29) is 12.5 Å². The third kappa shape index (κ3) is 3.01. The van der Waals surface area contributed by atoms with Gasteiger partial charge in [-0.2, -0.15) is 5.26 Å². The van der Waals surface area contributed by atoms with Crippen molar-refractivity contribution in [3.05, 3.63) is 29.8 Å². The van der Waals surface area contributed by atoms with Gasteiger partial charge >= 0.3 is 0 Å². The molecule has 94 valence electrons. The molecule has 1 aliphatic heterocycles. The molecule has 1 amide bonds. The Balaban J connectivity index is 1.84. The lowest BCUT2D eigenvalue weighted by Crippen LogP contribution is -2.32. The van der Waals surface area contributed by atoms with Crippen LogP contribution in [0.4, 0.5) is 0 Å². The van der Waals surface area contributed by atoms with Crippen molar-refractivity contribution in [3.8, 4) is 11.8 Å². The molecule has 4 nitrogen and oxygen atoms in total. The summed E-state index contributed by atoms with van der Waals surface area (Å²) < 4.78 is 5.41. The van der Waals surface area contributed by atoms with Gasteiger partial charge < -0.3 is 9.64 Å². The van der Waals surface area contributed by atoms with E-state index in [0.29, 0.717) is 17.2 Å². The van der Waals surface area contributed by atoms with Gasteiger partial charge in [0.25, 0.3) is 5.91 Å². The van der Waals surface area contributed by atoms with Gasteiger partial charge in [0.1, 0.15) is 5.75 Å². The first-order valence-corrected chi connectivity index (χ1v) is 6.10. The Morgan fingerprint density at radius 2 is 2.22 bits per heavy atom. The van der Waals surface area contributed by atoms with E-state index in [9.17, 15) is 4.79 Å². The molecule has 0 N–H and O–H groups in total. The van der Waals surface area contributed by atoms with Crippen LogP contribution >= 0.6 is 0 Å². The van der Waals surface area contributed by atoms with E-state index in [0.717, 1.165) is 19.5 Å². The first-order valence-electron chi connectivity index (χ1n) is 6.10. The number of nitriles is 1. The lowest BCUT2D eigenvalue weighted by atomic mass is 10.2. The number of amides is 1. The smallest absolute Gasteiger partial charge is 0.260 e. The maximum Gasteiger partial charge on any atom is 0.260 e. The minimum Gasteiger partial charge on any atom is -0.484 e. The minimum absolute atomic E-state index is 0.0312. The van der Waals surface area contributed by atoms with Crippen molar-refractivity contribution in [2.45, 2.75) is 13.3 Å². The Kier molecular flexibility index (Phi) is 3.83. The maximum absolute atomic E-state index is 11.8. The standard InChI is InChI=1S/C14H16N2O2/c1-11-6-7-16(9-11)14(17)10-18-13-4-2-12(8-15)3-5-13/h2-5,11H,6-7,9-10H2,1H3. The number of nitrogens with zero attached hydrogens (tertiary/aromatic N) is 2. The van der Waals surface area contributed by atoms with E-state index in [1.165, 1.54) is 0 Å². The zero-order valence-electron chi connectivity index (χ0n) is 10.4. The van der Waals surface area contributed by atoms with Crippen molar-refractivity contribution in [1.29, 1.82) is 5.26 Å². The second-order valence-corrected chi connectivity index (χ2v) is 4.66. The molecule has 4 heteroatoms. The highest BCUT2D eigenvalue weighted by Gasteiger charge is 2.23. The normalized spacial score (nSPS) is 18.4. The quantitative estimate of drug-likeness (QED) is 0.814. The molecule has 1 atom stereocenters. The average Bonchev–Trinajstić information content (AvgIpc) is 2.83. The van der Waals surface area contributed by atoms with Crippen molar-refractivity contribution in [2.75, 3.05) is 19.7 Å². The molecule has 1 aromatic carbocycles. The van der Waals surface area contributed by atoms with Gasteiger partial charge in [-0.25, -0.2) is 0 Å². The van der Waals surface area contributed by atoms with Crippen LogP contribution in [0, 0.1) is 17.2 Å². The molecule has 0 spiro atoms. The highest BCUT2D eigenvalue weighted by Crippen LogP contribution is 2.16. The second-order valence-electron chi connectivity index (χ2n) is 4.66. The summed E-state index contributed by atoms with van der Waals surface area (Å²) in [6.07, 6.45) is 1.07. The number of hydrogen-bond donors (Lipinski definition) is 0. The number of hydrogen-bond acceptors (Lipinski definition) is 3. The Morgan fingerprint density at radius 3 is 2.78 bits per heavy atom. The fourth-order valence-electron chi connectivity index (χ4n) is 2.02. The summed E-state index contributed by atoms with van der Waals surface area (Å²) in [5, 5.41) is 8.66. The van der Waals surface area contributed by atoms with Gasteiger partial charge in [-0.15, -0.1) is 0 Å². The summed E-state index contributed by atoms with van der Waals surface area (Å²) in [4.78, 5) is 13.7. The fourth-order valence-corrected chi connectivity index (χ4v) is 2.02. The molecule has 0 aromatic heterocycles. The molecule has 1 heterocycles. The van der Waals surface area contributed by atoms with Gasteiger partial charge in [-0.05, 0) is 36.6 Å². The van der Waals surface area contributed by atoms with Crippen molar-refractivity contribution >= 4 is 5.91 Å². The highest BCUT2D eigenvalue weighted by molar-refractivity contribution is 5.78. The van der Waals surface area contributed by atoms with Crippen molar-refractivity contribution < 1.29 is 9.53 Å². The highest BCUT2D eigenvalue weighted by atomic mass is 16.5. The summed E-state index contributed by atoms with van der Waals surface area (Å²) in [5.74, 6) is 1.24.